The van der Waals surface area contributed by atoms with Gasteiger partial charge in [0.25, 0.3) is 0 Å². The minimum Gasteiger partial charge on any atom is -0.120 e. The zero-order chi connectivity index (χ0) is 10.6. The zero-order valence-corrected chi connectivity index (χ0v) is 11.0. The van der Waals surface area contributed by atoms with Crippen LogP contribution in [-0.2, 0) is 0 Å². The van der Waals surface area contributed by atoms with Crippen molar-refractivity contribution in [1.82, 2.24) is 0 Å². The number of hydrogen-bond donors (Lipinski definition) is 0. The van der Waals surface area contributed by atoms with Gasteiger partial charge in [0.15, 0.2) is 0 Å². The van der Waals surface area contributed by atoms with Crippen LogP contribution in [0.2, 0.25) is 19.6 Å². The summed E-state index contributed by atoms with van der Waals surface area (Å²) in [5, 5.41) is 3.19. The average molecular weight is 220 g/mol. The van der Waals surface area contributed by atoms with Crippen LogP contribution >= 0.6 is 11.8 Å². The van der Waals surface area contributed by atoms with E-state index in [9.17, 15) is 0 Å². The summed E-state index contributed by atoms with van der Waals surface area (Å²) in [6.45, 7) is 8.88. The molecule has 0 aromatic heterocycles. The highest BCUT2D eigenvalue weighted by Gasteiger charge is 2.07. The predicted octanol–water partition coefficient (Wildman–Crippen LogP) is 3.93. The number of hydrogen-bond acceptors (Lipinski definition) is 1. The molecule has 0 fully saturated rings. The highest BCUT2D eigenvalue weighted by molar-refractivity contribution is 8.04. The first kappa shape index (κ1) is 11.4. The molecule has 0 saturated heterocycles. The van der Waals surface area contributed by atoms with Crippen LogP contribution in [0.1, 0.15) is 5.56 Å². The first-order chi connectivity index (χ1) is 6.47. The maximum Gasteiger partial charge on any atom is 0.130 e. The molecule has 0 radical (unpaired) electrons. The largest absolute Gasteiger partial charge is 0.130 e. The molecular weight excluding hydrogens is 204 g/mol. The van der Waals surface area contributed by atoms with Crippen LogP contribution in [0.3, 0.4) is 0 Å². The van der Waals surface area contributed by atoms with E-state index in [2.05, 4.69) is 61.6 Å². The van der Waals surface area contributed by atoms with Gasteiger partial charge in [-0.2, -0.15) is 0 Å². The van der Waals surface area contributed by atoms with Crippen LogP contribution in [0.4, 0.5) is 0 Å². The minimum atomic E-state index is -1.20. The maximum atomic E-state index is 3.34. The molecule has 1 aromatic carbocycles. The molecular formula is C12H16SSi. The molecule has 0 bridgehead atoms. The van der Waals surface area contributed by atoms with Crippen LogP contribution in [-0.4, -0.2) is 8.07 Å². The molecule has 0 spiro atoms. The van der Waals surface area contributed by atoms with Crippen molar-refractivity contribution >= 4 is 19.8 Å². The lowest BCUT2D eigenvalue weighted by molar-refractivity contribution is 1.38. The molecule has 0 nitrogen and oxygen atoms in total. The first-order valence-electron chi connectivity index (χ1n) is 4.73. The molecule has 0 amide bonds. The Labute approximate surface area is 92.1 Å². The summed E-state index contributed by atoms with van der Waals surface area (Å²) < 4.78 is 0. The van der Waals surface area contributed by atoms with Gasteiger partial charge in [-0.05, 0) is 36.1 Å². The second kappa shape index (κ2) is 4.72. The van der Waals surface area contributed by atoms with Gasteiger partial charge < -0.3 is 0 Å². The third-order valence-electron chi connectivity index (χ3n) is 1.62. The standard InChI is InChI=1S/C12H16SSi/c1-11-5-7-12(8-6-11)13-9-10-14(2,3)4/h5-8H,1-4H3. The summed E-state index contributed by atoms with van der Waals surface area (Å²) in [6.07, 6.45) is 0. The fraction of sp³-hybridized carbons (Fsp3) is 0.333. The zero-order valence-electron chi connectivity index (χ0n) is 9.22. The van der Waals surface area contributed by atoms with Crippen molar-refractivity contribution in [2.75, 3.05) is 0 Å². The van der Waals surface area contributed by atoms with E-state index in [1.54, 1.807) is 11.8 Å². The summed E-state index contributed by atoms with van der Waals surface area (Å²) in [5.74, 6) is 0. The lowest BCUT2D eigenvalue weighted by Gasteiger charge is -2.02. The molecule has 0 atom stereocenters. The molecule has 2 heteroatoms. The molecule has 0 unspecified atom stereocenters. The molecule has 0 N–H and O–H groups in total. The van der Waals surface area contributed by atoms with Gasteiger partial charge in [0.1, 0.15) is 8.07 Å². The Morgan fingerprint density at radius 1 is 1.07 bits per heavy atom. The van der Waals surface area contributed by atoms with Crippen LogP contribution in [0.5, 0.6) is 0 Å². The van der Waals surface area contributed by atoms with Gasteiger partial charge in [-0.15, -0.1) is 5.54 Å². The van der Waals surface area contributed by atoms with Crippen LogP contribution < -0.4 is 0 Å². The Kier molecular flexibility index (Phi) is 3.85. The summed E-state index contributed by atoms with van der Waals surface area (Å²) in [4.78, 5) is 1.24. The fourth-order valence-corrected chi connectivity index (χ4v) is 2.66. The monoisotopic (exact) mass is 220 g/mol. The van der Waals surface area contributed by atoms with E-state index in [1.165, 1.54) is 10.5 Å². The molecule has 0 heterocycles. The molecule has 14 heavy (non-hydrogen) atoms. The SMILES string of the molecule is Cc1ccc(SC#C[Si](C)(C)C)cc1. The lowest BCUT2D eigenvalue weighted by atomic mass is 10.2. The minimum absolute atomic E-state index is 1.20. The van der Waals surface area contributed by atoms with E-state index in [0.717, 1.165) is 0 Å². The van der Waals surface area contributed by atoms with Gasteiger partial charge in [-0.1, -0.05) is 37.3 Å². The molecule has 1 rings (SSSR count). The molecule has 0 aliphatic heterocycles. The Morgan fingerprint density at radius 2 is 1.64 bits per heavy atom. The summed E-state index contributed by atoms with van der Waals surface area (Å²) in [5.41, 5.74) is 4.64. The van der Waals surface area contributed by atoms with E-state index in [4.69, 9.17) is 0 Å². The van der Waals surface area contributed by atoms with E-state index in [1.807, 2.05) is 0 Å². The second-order valence-corrected chi connectivity index (χ2v) is 10.0. The fourth-order valence-electron chi connectivity index (χ4n) is 0.844. The van der Waals surface area contributed by atoms with Crippen molar-refractivity contribution in [2.24, 2.45) is 0 Å². The van der Waals surface area contributed by atoms with Gasteiger partial charge in [0, 0.05) is 4.90 Å². The quantitative estimate of drug-likeness (QED) is 0.393. The van der Waals surface area contributed by atoms with Gasteiger partial charge in [-0.3, -0.25) is 0 Å². The molecule has 0 aliphatic carbocycles. The number of benzene rings is 1. The maximum absolute atomic E-state index is 3.34. The smallest absolute Gasteiger partial charge is 0.120 e. The molecule has 0 saturated carbocycles. The van der Waals surface area contributed by atoms with E-state index < -0.39 is 8.07 Å². The highest BCUT2D eigenvalue weighted by atomic mass is 32.2. The van der Waals surface area contributed by atoms with E-state index in [-0.39, 0.29) is 0 Å². The third-order valence-corrected chi connectivity index (χ3v) is 3.38. The van der Waals surface area contributed by atoms with Crippen molar-refractivity contribution in [2.45, 2.75) is 31.5 Å². The van der Waals surface area contributed by atoms with Crippen molar-refractivity contribution in [1.29, 1.82) is 0 Å². The number of aryl methyl sites for hydroxylation is 1. The van der Waals surface area contributed by atoms with Gasteiger partial charge in [0.2, 0.25) is 0 Å². The van der Waals surface area contributed by atoms with Gasteiger partial charge in [0.05, 0.1) is 0 Å². The number of rotatable bonds is 1. The van der Waals surface area contributed by atoms with E-state index >= 15 is 0 Å². The van der Waals surface area contributed by atoms with Crippen molar-refractivity contribution in [3.05, 3.63) is 29.8 Å². The van der Waals surface area contributed by atoms with E-state index in [0.29, 0.717) is 0 Å². The Morgan fingerprint density at radius 3 is 2.14 bits per heavy atom. The first-order valence-corrected chi connectivity index (χ1v) is 9.05. The van der Waals surface area contributed by atoms with Crippen molar-refractivity contribution in [3.63, 3.8) is 0 Å². The lowest BCUT2D eigenvalue weighted by Crippen LogP contribution is -2.15. The average Bonchev–Trinajstić information content (AvgIpc) is 2.06. The Hall–Kier alpha value is -0.653. The molecule has 74 valence electrons. The highest BCUT2D eigenvalue weighted by Crippen LogP contribution is 2.17. The topological polar surface area (TPSA) is 0 Å². The Bertz CT molecular complexity index is 349. The predicted molar refractivity (Wildman–Crippen MR) is 68.2 cm³/mol. The summed E-state index contributed by atoms with van der Waals surface area (Å²) >= 11 is 1.63. The normalized spacial score (nSPS) is 10.6. The Balaban J connectivity index is 2.61. The van der Waals surface area contributed by atoms with Crippen LogP contribution in [0, 0.1) is 17.7 Å². The summed E-state index contributed by atoms with van der Waals surface area (Å²) in [6, 6.07) is 8.49. The van der Waals surface area contributed by atoms with Crippen molar-refractivity contribution < 1.29 is 0 Å². The van der Waals surface area contributed by atoms with Gasteiger partial charge in [-0.25, -0.2) is 0 Å². The van der Waals surface area contributed by atoms with Crippen molar-refractivity contribution in [3.8, 4) is 10.8 Å². The molecule has 1 aromatic rings. The second-order valence-electron chi connectivity index (χ2n) is 4.39. The number of thioether (sulfide) groups is 1. The van der Waals surface area contributed by atoms with Gasteiger partial charge >= 0.3 is 0 Å². The van der Waals surface area contributed by atoms with Crippen LogP contribution in [0.25, 0.3) is 0 Å². The third kappa shape index (κ3) is 4.55. The molecule has 0 aliphatic rings. The van der Waals surface area contributed by atoms with Crippen LogP contribution in [0.15, 0.2) is 29.2 Å². The summed E-state index contributed by atoms with van der Waals surface area (Å²) in [7, 11) is -1.20.